The van der Waals surface area contributed by atoms with Crippen LogP contribution in [0.15, 0.2) is 29.3 Å². The van der Waals surface area contributed by atoms with Crippen LogP contribution in [0.4, 0.5) is 0 Å². The average Bonchev–Trinajstić information content (AvgIpc) is 3.40. The second kappa shape index (κ2) is 10.8. The van der Waals surface area contributed by atoms with Gasteiger partial charge in [0.25, 0.3) is 0 Å². The van der Waals surface area contributed by atoms with Crippen molar-refractivity contribution in [2.24, 2.45) is 10.9 Å². The highest BCUT2D eigenvalue weighted by Crippen LogP contribution is 2.28. The zero-order chi connectivity index (χ0) is 18.5. The summed E-state index contributed by atoms with van der Waals surface area (Å²) in [7, 11) is 0. The van der Waals surface area contributed by atoms with Crippen molar-refractivity contribution in [3.8, 4) is 0 Å². The van der Waals surface area contributed by atoms with Crippen LogP contribution >= 0.6 is 24.0 Å². The summed E-state index contributed by atoms with van der Waals surface area (Å²) in [4.78, 5) is 9.84. The molecule has 1 saturated heterocycles. The highest BCUT2D eigenvalue weighted by atomic mass is 127. The molecule has 28 heavy (non-hydrogen) atoms. The minimum Gasteiger partial charge on any atom is -0.352 e. The molecule has 3 aliphatic rings. The Balaban J connectivity index is 0.00000225. The number of nitrogens with one attached hydrogen (secondary N) is 2. The van der Waals surface area contributed by atoms with Crippen molar-refractivity contribution < 1.29 is 0 Å². The van der Waals surface area contributed by atoms with Crippen LogP contribution in [-0.2, 0) is 13.1 Å². The van der Waals surface area contributed by atoms with Crippen molar-refractivity contribution in [2.45, 2.75) is 51.7 Å². The van der Waals surface area contributed by atoms with Gasteiger partial charge in [0.1, 0.15) is 0 Å². The van der Waals surface area contributed by atoms with Crippen molar-refractivity contribution in [3.63, 3.8) is 0 Å². The summed E-state index contributed by atoms with van der Waals surface area (Å²) in [5, 5.41) is 7.20. The molecule has 0 bridgehead atoms. The molecule has 2 N–H and O–H groups in total. The highest BCUT2D eigenvalue weighted by Gasteiger charge is 2.28. The van der Waals surface area contributed by atoms with Crippen LogP contribution in [0.3, 0.4) is 0 Å². The van der Waals surface area contributed by atoms with Gasteiger partial charge in [-0.25, -0.2) is 0 Å². The van der Waals surface area contributed by atoms with E-state index in [2.05, 4.69) is 51.6 Å². The SMILES string of the molecule is CCN1CCN(Cc2ccccc2CNC2=NCC(C3CCCC3)N2)CC1.I. The van der Waals surface area contributed by atoms with Gasteiger partial charge in [0, 0.05) is 39.3 Å². The maximum absolute atomic E-state index is 4.72. The molecule has 1 saturated carbocycles. The van der Waals surface area contributed by atoms with E-state index in [0.29, 0.717) is 6.04 Å². The third-order valence-corrected chi connectivity index (χ3v) is 6.61. The molecule has 1 atom stereocenters. The predicted molar refractivity (Wildman–Crippen MR) is 127 cm³/mol. The minimum absolute atomic E-state index is 0. The Morgan fingerprint density at radius 2 is 1.71 bits per heavy atom. The molecule has 1 aliphatic carbocycles. The normalized spacial score (nSPS) is 23.9. The molecule has 0 aromatic heterocycles. The lowest BCUT2D eigenvalue weighted by molar-refractivity contribution is 0.131. The first-order chi connectivity index (χ1) is 13.3. The Kier molecular flexibility index (Phi) is 8.41. The number of piperazine rings is 1. The number of likely N-dealkylation sites (N-methyl/N-ethyl adjacent to an activating group) is 1. The van der Waals surface area contributed by atoms with Crippen molar-refractivity contribution in [2.75, 3.05) is 39.3 Å². The average molecular weight is 497 g/mol. The summed E-state index contributed by atoms with van der Waals surface area (Å²) in [6.07, 6.45) is 5.53. The van der Waals surface area contributed by atoms with E-state index in [1.165, 1.54) is 69.5 Å². The number of benzene rings is 1. The Morgan fingerprint density at radius 3 is 2.43 bits per heavy atom. The predicted octanol–water partition coefficient (Wildman–Crippen LogP) is 3.05. The van der Waals surface area contributed by atoms with Crippen LogP contribution in [0.1, 0.15) is 43.7 Å². The third kappa shape index (κ3) is 5.60. The van der Waals surface area contributed by atoms with Gasteiger partial charge in [-0.3, -0.25) is 9.89 Å². The van der Waals surface area contributed by atoms with Gasteiger partial charge in [-0.05, 0) is 36.4 Å². The van der Waals surface area contributed by atoms with Crippen molar-refractivity contribution >= 4 is 29.9 Å². The van der Waals surface area contributed by atoms with E-state index in [1.807, 2.05) is 0 Å². The molecule has 0 amide bonds. The van der Waals surface area contributed by atoms with E-state index in [9.17, 15) is 0 Å². The lowest BCUT2D eigenvalue weighted by Gasteiger charge is -2.34. The summed E-state index contributed by atoms with van der Waals surface area (Å²) in [6.45, 7) is 11.0. The minimum atomic E-state index is 0. The molecule has 5 nitrogen and oxygen atoms in total. The zero-order valence-corrected chi connectivity index (χ0v) is 19.5. The van der Waals surface area contributed by atoms with E-state index in [1.54, 1.807) is 0 Å². The van der Waals surface area contributed by atoms with Gasteiger partial charge < -0.3 is 15.5 Å². The summed E-state index contributed by atoms with van der Waals surface area (Å²) in [5.41, 5.74) is 2.84. The molecule has 2 heterocycles. The topological polar surface area (TPSA) is 42.9 Å². The number of hydrogen-bond donors (Lipinski definition) is 2. The molecular formula is C22H36IN5. The van der Waals surface area contributed by atoms with Gasteiger partial charge in [0.15, 0.2) is 5.96 Å². The molecule has 0 radical (unpaired) electrons. The Labute approximate surface area is 187 Å². The van der Waals surface area contributed by atoms with Gasteiger partial charge in [0.05, 0.1) is 12.6 Å². The van der Waals surface area contributed by atoms with E-state index in [-0.39, 0.29) is 24.0 Å². The van der Waals surface area contributed by atoms with Gasteiger partial charge in [0.2, 0.25) is 0 Å². The van der Waals surface area contributed by atoms with Crippen molar-refractivity contribution in [3.05, 3.63) is 35.4 Å². The van der Waals surface area contributed by atoms with Gasteiger partial charge in [-0.15, -0.1) is 24.0 Å². The summed E-state index contributed by atoms with van der Waals surface area (Å²) in [5.74, 6) is 1.82. The Bertz CT molecular complexity index is 636. The summed E-state index contributed by atoms with van der Waals surface area (Å²) < 4.78 is 0. The van der Waals surface area contributed by atoms with Crippen molar-refractivity contribution in [1.82, 2.24) is 20.4 Å². The molecular weight excluding hydrogens is 461 g/mol. The second-order valence-electron chi connectivity index (χ2n) is 8.32. The first kappa shape index (κ1) is 21.8. The first-order valence-corrected chi connectivity index (χ1v) is 10.9. The van der Waals surface area contributed by atoms with Crippen LogP contribution in [0.2, 0.25) is 0 Å². The van der Waals surface area contributed by atoms with Crippen LogP contribution in [-0.4, -0.2) is 61.1 Å². The molecule has 6 heteroatoms. The Morgan fingerprint density at radius 1 is 1.04 bits per heavy atom. The fraction of sp³-hybridized carbons (Fsp3) is 0.682. The fourth-order valence-corrected chi connectivity index (χ4v) is 4.76. The largest absolute Gasteiger partial charge is 0.352 e. The third-order valence-electron chi connectivity index (χ3n) is 6.61. The fourth-order valence-electron chi connectivity index (χ4n) is 4.76. The van der Waals surface area contributed by atoms with Gasteiger partial charge in [-0.2, -0.15) is 0 Å². The van der Waals surface area contributed by atoms with E-state index in [0.717, 1.165) is 31.5 Å². The molecule has 2 fully saturated rings. The zero-order valence-electron chi connectivity index (χ0n) is 17.2. The number of halogens is 1. The number of aliphatic imine (C=N–C) groups is 1. The van der Waals surface area contributed by atoms with Crippen LogP contribution in [0.5, 0.6) is 0 Å². The maximum atomic E-state index is 4.72. The molecule has 2 aliphatic heterocycles. The number of nitrogens with zero attached hydrogens (tertiary/aromatic N) is 3. The van der Waals surface area contributed by atoms with Crippen LogP contribution in [0.25, 0.3) is 0 Å². The maximum Gasteiger partial charge on any atom is 0.191 e. The Hall–Kier alpha value is -0.860. The monoisotopic (exact) mass is 497 g/mol. The summed E-state index contributed by atoms with van der Waals surface area (Å²) >= 11 is 0. The lowest BCUT2D eigenvalue weighted by Crippen LogP contribution is -2.45. The van der Waals surface area contributed by atoms with E-state index in [4.69, 9.17) is 4.99 Å². The molecule has 1 aromatic carbocycles. The lowest BCUT2D eigenvalue weighted by atomic mass is 9.99. The number of hydrogen-bond acceptors (Lipinski definition) is 5. The summed E-state index contributed by atoms with van der Waals surface area (Å²) in [6, 6.07) is 9.42. The number of rotatable bonds is 6. The van der Waals surface area contributed by atoms with Crippen LogP contribution < -0.4 is 10.6 Å². The molecule has 156 valence electrons. The smallest absolute Gasteiger partial charge is 0.191 e. The molecule has 1 unspecified atom stereocenters. The van der Waals surface area contributed by atoms with Gasteiger partial charge >= 0.3 is 0 Å². The molecule has 0 spiro atoms. The van der Waals surface area contributed by atoms with Crippen molar-refractivity contribution in [1.29, 1.82) is 0 Å². The first-order valence-electron chi connectivity index (χ1n) is 10.9. The molecule has 4 rings (SSSR count). The van der Waals surface area contributed by atoms with Gasteiger partial charge in [-0.1, -0.05) is 44.0 Å². The second-order valence-corrected chi connectivity index (χ2v) is 8.32. The molecule has 1 aromatic rings. The standard InChI is InChI=1S/C22H35N5.HI/c1-2-26-11-13-27(14-12-26)17-20-10-6-5-9-19(20)15-23-22-24-16-21(25-22)18-7-3-4-8-18;/h5-6,9-10,18,21H,2-4,7-8,11-17H2,1H3,(H2,23,24,25);1H. The van der Waals surface area contributed by atoms with E-state index >= 15 is 0 Å². The van der Waals surface area contributed by atoms with Crippen LogP contribution in [0, 0.1) is 5.92 Å². The number of guanidine groups is 1. The highest BCUT2D eigenvalue weighted by molar-refractivity contribution is 14.0. The quantitative estimate of drug-likeness (QED) is 0.594. The van der Waals surface area contributed by atoms with E-state index < -0.39 is 0 Å².